The van der Waals surface area contributed by atoms with E-state index in [0.717, 1.165) is 6.42 Å². The third-order valence-corrected chi connectivity index (χ3v) is 3.92. The molecule has 1 saturated heterocycles. The molecule has 2 N–H and O–H groups in total. The summed E-state index contributed by atoms with van der Waals surface area (Å²) in [4.78, 5) is 0. The molecule has 0 aromatic heterocycles. The molecule has 7 heteroatoms. The number of aliphatic hydroxyl groups is 1. The molecule has 0 radical (unpaired) electrons. The Bertz CT molecular complexity index is 307. The van der Waals surface area contributed by atoms with Crippen LogP contribution >= 0.6 is 0 Å². The van der Waals surface area contributed by atoms with Crippen LogP contribution in [0.5, 0.6) is 0 Å². The molecule has 1 aliphatic rings. The van der Waals surface area contributed by atoms with Gasteiger partial charge >= 0.3 is 0 Å². The smallest absolute Gasteiger partial charge is 0.279 e. The summed E-state index contributed by atoms with van der Waals surface area (Å²) in [5.41, 5.74) is 0. The van der Waals surface area contributed by atoms with E-state index in [2.05, 4.69) is 4.72 Å². The van der Waals surface area contributed by atoms with E-state index in [4.69, 9.17) is 9.84 Å². The Balaban J connectivity index is 2.64. The monoisotopic (exact) mass is 252 g/mol. The highest BCUT2D eigenvalue weighted by atomic mass is 32.2. The summed E-state index contributed by atoms with van der Waals surface area (Å²) in [6, 6.07) is 0. The Morgan fingerprint density at radius 3 is 2.75 bits per heavy atom. The van der Waals surface area contributed by atoms with Gasteiger partial charge in [-0.3, -0.25) is 0 Å². The molecular weight excluding hydrogens is 232 g/mol. The lowest BCUT2D eigenvalue weighted by molar-refractivity contribution is -0.0752. The average Bonchev–Trinajstić information content (AvgIpc) is 2.25. The maximum absolute atomic E-state index is 11.8. The van der Waals surface area contributed by atoms with E-state index in [1.807, 2.05) is 6.92 Å². The summed E-state index contributed by atoms with van der Waals surface area (Å²) in [7, 11) is -3.43. The molecule has 0 saturated carbocycles. The number of hydrogen-bond donors (Lipinski definition) is 2. The van der Waals surface area contributed by atoms with Crippen LogP contribution in [0.1, 0.15) is 20.3 Å². The number of nitrogens with one attached hydrogen (secondary N) is 1. The highest BCUT2D eigenvalue weighted by molar-refractivity contribution is 7.87. The van der Waals surface area contributed by atoms with Gasteiger partial charge in [-0.1, -0.05) is 6.92 Å². The maximum Gasteiger partial charge on any atom is 0.279 e. The minimum Gasteiger partial charge on any atom is -0.394 e. The summed E-state index contributed by atoms with van der Waals surface area (Å²) in [6.45, 7) is 4.50. The molecule has 0 aromatic rings. The van der Waals surface area contributed by atoms with Gasteiger partial charge in [0.25, 0.3) is 10.2 Å². The lowest BCUT2D eigenvalue weighted by atomic mass is 10.2. The minimum absolute atomic E-state index is 0.163. The summed E-state index contributed by atoms with van der Waals surface area (Å²) in [6.07, 6.45) is 0.133. The van der Waals surface area contributed by atoms with Crippen molar-refractivity contribution < 1.29 is 18.3 Å². The molecule has 6 nitrogen and oxygen atoms in total. The fourth-order valence-corrected chi connectivity index (χ4v) is 3.04. The van der Waals surface area contributed by atoms with Crippen molar-refractivity contribution in [2.75, 3.05) is 26.2 Å². The molecule has 2 unspecified atom stereocenters. The highest BCUT2D eigenvalue weighted by Gasteiger charge is 2.31. The molecule has 1 heterocycles. The molecule has 1 aliphatic heterocycles. The van der Waals surface area contributed by atoms with E-state index < -0.39 is 16.3 Å². The number of rotatable bonds is 5. The van der Waals surface area contributed by atoms with Crippen LogP contribution in [0.3, 0.4) is 0 Å². The zero-order valence-corrected chi connectivity index (χ0v) is 10.5. The Morgan fingerprint density at radius 2 is 2.19 bits per heavy atom. The SMILES string of the molecule is CCCNS(=O)(=O)N1CC(C)OC(CO)C1. The van der Waals surface area contributed by atoms with Crippen molar-refractivity contribution in [2.24, 2.45) is 0 Å². The van der Waals surface area contributed by atoms with Gasteiger partial charge in [-0.2, -0.15) is 12.7 Å². The molecule has 16 heavy (non-hydrogen) atoms. The van der Waals surface area contributed by atoms with Crippen molar-refractivity contribution in [3.05, 3.63) is 0 Å². The first-order chi connectivity index (χ1) is 7.49. The van der Waals surface area contributed by atoms with E-state index in [0.29, 0.717) is 13.1 Å². The van der Waals surface area contributed by atoms with Gasteiger partial charge in [0, 0.05) is 19.6 Å². The first kappa shape index (κ1) is 13.9. The predicted octanol–water partition coefficient (Wildman–Crippen LogP) is -0.688. The molecule has 1 rings (SSSR count). The van der Waals surface area contributed by atoms with Gasteiger partial charge in [0.15, 0.2) is 0 Å². The molecule has 0 aromatic carbocycles. The normalized spacial score (nSPS) is 28.2. The van der Waals surface area contributed by atoms with Crippen LogP contribution in [-0.2, 0) is 14.9 Å². The fraction of sp³-hybridized carbons (Fsp3) is 1.00. The quantitative estimate of drug-likeness (QED) is 0.679. The van der Waals surface area contributed by atoms with E-state index in [9.17, 15) is 8.42 Å². The van der Waals surface area contributed by atoms with Crippen molar-refractivity contribution in [1.82, 2.24) is 9.03 Å². The Morgan fingerprint density at radius 1 is 1.50 bits per heavy atom. The summed E-state index contributed by atoms with van der Waals surface area (Å²) in [5.74, 6) is 0. The third kappa shape index (κ3) is 3.67. The Kier molecular flexibility index (Phi) is 5.13. The summed E-state index contributed by atoms with van der Waals surface area (Å²) < 4.78 is 32.9. The fourth-order valence-electron chi connectivity index (χ4n) is 1.62. The Labute approximate surface area is 96.8 Å². The summed E-state index contributed by atoms with van der Waals surface area (Å²) in [5, 5.41) is 9.00. The van der Waals surface area contributed by atoms with Crippen LogP contribution in [-0.4, -0.2) is 56.3 Å². The second kappa shape index (κ2) is 5.92. The maximum atomic E-state index is 11.8. The first-order valence-electron chi connectivity index (χ1n) is 5.50. The van der Waals surface area contributed by atoms with Crippen LogP contribution in [0.15, 0.2) is 0 Å². The zero-order chi connectivity index (χ0) is 12.2. The lowest BCUT2D eigenvalue weighted by Gasteiger charge is -2.35. The van der Waals surface area contributed by atoms with Crippen molar-refractivity contribution >= 4 is 10.2 Å². The van der Waals surface area contributed by atoms with Crippen molar-refractivity contribution in [3.63, 3.8) is 0 Å². The second-order valence-corrected chi connectivity index (χ2v) is 5.72. The third-order valence-electron chi connectivity index (χ3n) is 2.37. The predicted molar refractivity (Wildman–Crippen MR) is 60.2 cm³/mol. The largest absolute Gasteiger partial charge is 0.394 e. The topological polar surface area (TPSA) is 78.9 Å². The van der Waals surface area contributed by atoms with Crippen LogP contribution in [0.25, 0.3) is 0 Å². The van der Waals surface area contributed by atoms with E-state index in [1.54, 1.807) is 6.92 Å². The van der Waals surface area contributed by atoms with E-state index in [-0.39, 0.29) is 19.3 Å². The Hall–Kier alpha value is -0.210. The van der Waals surface area contributed by atoms with E-state index >= 15 is 0 Å². The number of hydrogen-bond acceptors (Lipinski definition) is 4. The van der Waals surface area contributed by atoms with Gasteiger partial charge in [0.1, 0.15) is 0 Å². The number of ether oxygens (including phenoxy) is 1. The average molecular weight is 252 g/mol. The van der Waals surface area contributed by atoms with Crippen molar-refractivity contribution in [2.45, 2.75) is 32.5 Å². The highest BCUT2D eigenvalue weighted by Crippen LogP contribution is 2.13. The molecule has 0 spiro atoms. The molecule has 0 amide bonds. The molecule has 2 atom stereocenters. The van der Waals surface area contributed by atoms with Crippen molar-refractivity contribution in [1.29, 1.82) is 0 Å². The number of morpholine rings is 1. The zero-order valence-electron chi connectivity index (χ0n) is 9.72. The van der Waals surface area contributed by atoms with Crippen LogP contribution in [0.4, 0.5) is 0 Å². The van der Waals surface area contributed by atoms with Gasteiger partial charge in [0.2, 0.25) is 0 Å². The molecule has 0 bridgehead atoms. The molecule has 1 fully saturated rings. The van der Waals surface area contributed by atoms with Gasteiger partial charge < -0.3 is 9.84 Å². The van der Waals surface area contributed by atoms with Gasteiger partial charge in [-0.05, 0) is 13.3 Å². The van der Waals surface area contributed by atoms with Crippen LogP contribution in [0.2, 0.25) is 0 Å². The minimum atomic E-state index is -3.43. The lowest BCUT2D eigenvalue weighted by Crippen LogP contribution is -2.53. The van der Waals surface area contributed by atoms with Gasteiger partial charge in [0.05, 0.1) is 18.8 Å². The van der Waals surface area contributed by atoms with Gasteiger partial charge in [-0.25, -0.2) is 4.72 Å². The molecule has 96 valence electrons. The second-order valence-electron chi connectivity index (χ2n) is 3.97. The number of nitrogens with zero attached hydrogens (tertiary/aromatic N) is 1. The molecule has 0 aliphatic carbocycles. The first-order valence-corrected chi connectivity index (χ1v) is 6.94. The molecular formula is C9H20N2O4S. The van der Waals surface area contributed by atoms with E-state index in [1.165, 1.54) is 4.31 Å². The number of aliphatic hydroxyl groups excluding tert-OH is 1. The van der Waals surface area contributed by atoms with Crippen LogP contribution in [0, 0.1) is 0 Å². The van der Waals surface area contributed by atoms with Gasteiger partial charge in [-0.15, -0.1) is 0 Å². The van der Waals surface area contributed by atoms with Crippen molar-refractivity contribution in [3.8, 4) is 0 Å². The van der Waals surface area contributed by atoms with Crippen LogP contribution < -0.4 is 4.72 Å². The standard InChI is InChI=1S/C9H20N2O4S/c1-3-4-10-16(13,14)11-5-8(2)15-9(6-11)7-12/h8-10,12H,3-7H2,1-2H3. The summed E-state index contributed by atoms with van der Waals surface area (Å²) >= 11 is 0.